The van der Waals surface area contributed by atoms with Crippen molar-refractivity contribution in [3.05, 3.63) is 29.0 Å². The maximum Gasteiger partial charge on any atom is 0.112 e. The molecule has 1 aliphatic rings. The van der Waals surface area contributed by atoms with E-state index in [1.54, 1.807) is 0 Å². The Morgan fingerprint density at radius 1 is 1.50 bits per heavy atom. The van der Waals surface area contributed by atoms with E-state index in [1.165, 1.54) is 0 Å². The quantitative estimate of drug-likeness (QED) is 0.942. The lowest BCUT2D eigenvalue weighted by molar-refractivity contribution is 0.0276. The summed E-state index contributed by atoms with van der Waals surface area (Å²) in [5.41, 5.74) is 2.14. The van der Waals surface area contributed by atoms with Gasteiger partial charge in [-0.3, -0.25) is 0 Å². The van der Waals surface area contributed by atoms with Crippen LogP contribution in [0.2, 0.25) is 5.02 Å². The number of nitrogens with zero attached hydrogens (tertiary/aromatic N) is 2. The average Bonchev–Trinajstić information content (AvgIpc) is 2.78. The van der Waals surface area contributed by atoms with Crippen molar-refractivity contribution in [1.82, 2.24) is 14.9 Å². The van der Waals surface area contributed by atoms with Gasteiger partial charge in [0, 0.05) is 31.1 Å². The number of ether oxygens (including phenoxy) is 1. The summed E-state index contributed by atoms with van der Waals surface area (Å²) in [6.07, 6.45) is 2.14. The molecule has 1 aromatic heterocycles. The van der Waals surface area contributed by atoms with E-state index in [-0.39, 0.29) is 6.10 Å². The molecule has 1 N–H and O–H groups in total. The van der Waals surface area contributed by atoms with Crippen molar-refractivity contribution in [2.45, 2.75) is 32.4 Å². The van der Waals surface area contributed by atoms with Gasteiger partial charge >= 0.3 is 0 Å². The highest BCUT2D eigenvalue weighted by Gasteiger charge is 2.18. The predicted octanol–water partition coefficient (Wildman–Crippen LogP) is 2.63. The van der Waals surface area contributed by atoms with Gasteiger partial charge in [0.05, 0.1) is 23.7 Å². The molecule has 1 fully saturated rings. The summed E-state index contributed by atoms with van der Waals surface area (Å²) in [5.74, 6) is 1.10. The van der Waals surface area contributed by atoms with Crippen LogP contribution in [0, 0.1) is 0 Å². The van der Waals surface area contributed by atoms with Crippen LogP contribution in [0.3, 0.4) is 0 Å². The largest absolute Gasteiger partial charge is 0.375 e. The van der Waals surface area contributed by atoms with Gasteiger partial charge in [-0.05, 0) is 24.6 Å². The van der Waals surface area contributed by atoms with E-state index in [2.05, 4.69) is 16.8 Å². The fraction of sp³-hybridized carbons (Fsp3) is 0.533. The zero-order valence-corrected chi connectivity index (χ0v) is 12.5. The zero-order valence-electron chi connectivity index (χ0n) is 11.7. The second-order valence-electron chi connectivity index (χ2n) is 5.21. The summed E-state index contributed by atoms with van der Waals surface area (Å²) in [6.45, 7) is 5.77. The van der Waals surface area contributed by atoms with E-state index in [4.69, 9.17) is 21.3 Å². The Kier molecular flexibility index (Phi) is 4.24. The maximum absolute atomic E-state index is 6.12. The molecule has 5 heteroatoms. The lowest BCUT2D eigenvalue weighted by atomic mass is 10.2. The maximum atomic E-state index is 6.12. The van der Waals surface area contributed by atoms with Crippen LogP contribution < -0.4 is 5.32 Å². The van der Waals surface area contributed by atoms with Crippen LogP contribution in [0.1, 0.15) is 19.2 Å². The Morgan fingerprint density at radius 3 is 3.15 bits per heavy atom. The number of rotatable bonds is 4. The molecule has 0 bridgehead atoms. The Bertz CT molecular complexity index is 590. The summed E-state index contributed by atoms with van der Waals surface area (Å²) in [7, 11) is 0. The minimum Gasteiger partial charge on any atom is -0.375 e. The molecule has 108 valence electrons. The van der Waals surface area contributed by atoms with Crippen molar-refractivity contribution in [1.29, 1.82) is 0 Å². The number of benzene rings is 1. The molecular weight excluding hydrogens is 274 g/mol. The fourth-order valence-electron chi connectivity index (χ4n) is 2.73. The van der Waals surface area contributed by atoms with Crippen LogP contribution in [0.4, 0.5) is 0 Å². The molecule has 1 unspecified atom stereocenters. The van der Waals surface area contributed by atoms with Gasteiger partial charge in [-0.15, -0.1) is 0 Å². The molecule has 20 heavy (non-hydrogen) atoms. The number of hydrogen-bond donors (Lipinski definition) is 1. The van der Waals surface area contributed by atoms with Crippen molar-refractivity contribution in [3.8, 4) is 0 Å². The summed E-state index contributed by atoms with van der Waals surface area (Å²) < 4.78 is 8.07. The van der Waals surface area contributed by atoms with E-state index in [1.807, 2.05) is 18.2 Å². The highest BCUT2D eigenvalue weighted by molar-refractivity contribution is 6.31. The molecule has 0 aliphatic carbocycles. The van der Waals surface area contributed by atoms with E-state index in [0.717, 1.165) is 61.0 Å². The highest BCUT2D eigenvalue weighted by Crippen LogP contribution is 2.22. The summed E-state index contributed by atoms with van der Waals surface area (Å²) in [6, 6.07) is 5.89. The minimum absolute atomic E-state index is 0.214. The number of aromatic nitrogens is 2. The lowest BCUT2D eigenvalue weighted by Crippen LogP contribution is -2.40. The Labute approximate surface area is 124 Å². The molecule has 2 heterocycles. The van der Waals surface area contributed by atoms with Crippen molar-refractivity contribution in [3.63, 3.8) is 0 Å². The summed E-state index contributed by atoms with van der Waals surface area (Å²) in [4.78, 5) is 4.76. The number of morpholine rings is 1. The van der Waals surface area contributed by atoms with Crippen LogP contribution in [-0.2, 0) is 17.7 Å². The molecule has 4 nitrogen and oxygen atoms in total. The fourth-order valence-corrected chi connectivity index (χ4v) is 2.90. The molecule has 1 atom stereocenters. The smallest absolute Gasteiger partial charge is 0.112 e. The standard InChI is InChI=1S/C15H20ClN3O/c1-2-6-19-14-8-11(16)3-4-13(14)18-15(19)9-12-10-17-5-7-20-12/h3-4,8,12,17H,2,5-7,9-10H2,1H3. The highest BCUT2D eigenvalue weighted by atomic mass is 35.5. The first-order valence-electron chi connectivity index (χ1n) is 7.25. The third-order valence-corrected chi connectivity index (χ3v) is 3.89. The first-order chi connectivity index (χ1) is 9.78. The van der Waals surface area contributed by atoms with Crippen molar-refractivity contribution >= 4 is 22.6 Å². The van der Waals surface area contributed by atoms with Crippen molar-refractivity contribution in [2.24, 2.45) is 0 Å². The molecular formula is C15H20ClN3O. The first-order valence-corrected chi connectivity index (χ1v) is 7.62. The van der Waals surface area contributed by atoms with Gasteiger partial charge in [-0.1, -0.05) is 18.5 Å². The van der Waals surface area contributed by atoms with E-state index < -0.39 is 0 Å². The summed E-state index contributed by atoms with van der Waals surface area (Å²) in [5, 5.41) is 4.13. The monoisotopic (exact) mass is 293 g/mol. The van der Waals surface area contributed by atoms with Crippen LogP contribution in [0.25, 0.3) is 11.0 Å². The minimum atomic E-state index is 0.214. The third kappa shape index (κ3) is 2.82. The van der Waals surface area contributed by atoms with Crippen LogP contribution >= 0.6 is 11.6 Å². The van der Waals surface area contributed by atoms with Crippen LogP contribution in [0.5, 0.6) is 0 Å². The van der Waals surface area contributed by atoms with Gasteiger partial charge in [0.1, 0.15) is 5.82 Å². The topological polar surface area (TPSA) is 39.1 Å². The van der Waals surface area contributed by atoms with E-state index in [9.17, 15) is 0 Å². The van der Waals surface area contributed by atoms with Gasteiger partial charge in [-0.2, -0.15) is 0 Å². The first kappa shape index (κ1) is 13.9. The molecule has 2 aromatic rings. The number of aryl methyl sites for hydroxylation is 1. The molecule has 0 radical (unpaired) electrons. The van der Waals surface area contributed by atoms with E-state index in [0.29, 0.717) is 0 Å². The van der Waals surface area contributed by atoms with Crippen molar-refractivity contribution < 1.29 is 4.74 Å². The number of imidazole rings is 1. The predicted molar refractivity (Wildman–Crippen MR) is 81.3 cm³/mol. The second kappa shape index (κ2) is 6.12. The number of hydrogen-bond acceptors (Lipinski definition) is 3. The molecule has 1 saturated heterocycles. The zero-order chi connectivity index (χ0) is 13.9. The van der Waals surface area contributed by atoms with E-state index >= 15 is 0 Å². The number of fused-ring (bicyclic) bond motifs is 1. The molecule has 0 amide bonds. The lowest BCUT2D eigenvalue weighted by Gasteiger charge is -2.23. The molecule has 0 spiro atoms. The third-order valence-electron chi connectivity index (χ3n) is 3.65. The molecule has 3 rings (SSSR count). The van der Waals surface area contributed by atoms with Gasteiger partial charge < -0.3 is 14.6 Å². The van der Waals surface area contributed by atoms with Gasteiger partial charge in [-0.25, -0.2) is 4.98 Å². The Hall–Kier alpha value is -1.10. The van der Waals surface area contributed by atoms with Crippen LogP contribution in [0.15, 0.2) is 18.2 Å². The van der Waals surface area contributed by atoms with Crippen LogP contribution in [-0.4, -0.2) is 35.4 Å². The number of nitrogens with one attached hydrogen (secondary N) is 1. The summed E-state index contributed by atoms with van der Waals surface area (Å²) >= 11 is 6.12. The second-order valence-corrected chi connectivity index (χ2v) is 5.65. The Balaban J connectivity index is 1.93. The number of halogens is 1. The normalized spacial score (nSPS) is 19.6. The van der Waals surface area contributed by atoms with Gasteiger partial charge in [0.2, 0.25) is 0 Å². The van der Waals surface area contributed by atoms with Gasteiger partial charge in [0.15, 0.2) is 0 Å². The van der Waals surface area contributed by atoms with Gasteiger partial charge in [0.25, 0.3) is 0 Å². The van der Waals surface area contributed by atoms with Crippen molar-refractivity contribution in [2.75, 3.05) is 19.7 Å². The average molecular weight is 294 g/mol. The molecule has 1 aromatic carbocycles. The Morgan fingerprint density at radius 2 is 2.40 bits per heavy atom. The molecule has 1 aliphatic heterocycles. The SMILES string of the molecule is CCCn1c(CC2CNCCO2)nc2ccc(Cl)cc21. The molecule has 0 saturated carbocycles.